The number of carbonyl (C=O) groups is 1. The summed E-state index contributed by atoms with van der Waals surface area (Å²) in [7, 11) is 0. The van der Waals surface area contributed by atoms with Gasteiger partial charge in [0.1, 0.15) is 5.82 Å². The van der Waals surface area contributed by atoms with Gasteiger partial charge in [0, 0.05) is 36.4 Å². The molecule has 1 saturated heterocycles. The number of nitrogens with one attached hydrogen (secondary N) is 3. The summed E-state index contributed by atoms with van der Waals surface area (Å²) < 4.78 is 5.63. The molecule has 0 bridgehead atoms. The number of nitrogens with zero attached hydrogens (tertiary/aromatic N) is 3. The van der Waals surface area contributed by atoms with Crippen molar-refractivity contribution in [3.63, 3.8) is 0 Å². The number of fused-ring (bicyclic) bond motifs is 1. The zero-order valence-corrected chi connectivity index (χ0v) is 17.9. The molecule has 0 aliphatic carbocycles. The van der Waals surface area contributed by atoms with Crippen molar-refractivity contribution in [1.29, 1.82) is 0 Å². The van der Waals surface area contributed by atoms with Gasteiger partial charge in [-0.3, -0.25) is 0 Å². The Morgan fingerprint density at radius 2 is 2.23 bits per heavy atom. The highest BCUT2D eigenvalue weighted by Crippen LogP contribution is 2.30. The second kappa shape index (κ2) is 8.97. The first-order valence-corrected chi connectivity index (χ1v) is 10.7. The minimum atomic E-state index is -0.201. The number of amides is 2. The van der Waals surface area contributed by atoms with E-state index in [1.807, 2.05) is 32.0 Å². The standard InChI is InChI=1S/C22H30N6O2/c1-4-24-22(29)26-18-6-5-16(11-14(18)2)20-25-19-12-23-8-7-17(19)21(27-20)28-9-10-30-13-15(28)3/h5-6,11,15,23H,4,7-10,12-13H2,1-3H3,(H2,24,26,29)/t15-/m0/s1. The topological polar surface area (TPSA) is 91.4 Å². The predicted octanol–water partition coefficient (Wildman–Crippen LogP) is 2.46. The van der Waals surface area contributed by atoms with Gasteiger partial charge in [-0.1, -0.05) is 0 Å². The molecule has 0 radical (unpaired) electrons. The van der Waals surface area contributed by atoms with Crippen molar-refractivity contribution in [3.05, 3.63) is 35.0 Å². The summed E-state index contributed by atoms with van der Waals surface area (Å²) in [5, 5.41) is 9.06. The molecule has 8 heteroatoms. The molecular weight excluding hydrogens is 380 g/mol. The highest BCUT2D eigenvalue weighted by molar-refractivity contribution is 5.90. The van der Waals surface area contributed by atoms with E-state index in [4.69, 9.17) is 14.7 Å². The number of aryl methyl sites for hydroxylation is 1. The van der Waals surface area contributed by atoms with Crippen molar-refractivity contribution in [1.82, 2.24) is 20.6 Å². The Bertz CT molecular complexity index is 932. The van der Waals surface area contributed by atoms with Crippen molar-refractivity contribution in [2.24, 2.45) is 0 Å². The molecule has 0 unspecified atom stereocenters. The molecule has 8 nitrogen and oxygen atoms in total. The number of morpholine rings is 1. The lowest BCUT2D eigenvalue weighted by Gasteiger charge is -2.36. The van der Waals surface area contributed by atoms with E-state index in [1.165, 1.54) is 5.56 Å². The average molecular weight is 411 g/mol. The van der Waals surface area contributed by atoms with Crippen molar-refractivity contribution in [2.75, 3.05) is 43.1 Å². The van der Waals surface area contributed by atoms with Gasteiger partial charge in [0.2, 0.25) is 0 Å². The molecule has 2 aliphatic rings. The number of rotatable bonds is 4. The number of anilines is 2. The minimum Gasteiger partial charge on any atom is -0.377 e. The average Bonchev–Trinajstić information content (AvgIpc) is 2.75. The third-order valence-electron chi connectivity index (χ3n) is 5.62. The maximum absolute atomic E-state index is 11.9. The Kier molecular flexibility index (Phi) is 6.15. The maximum Gasteiger partial charge on any atom is 0.319 e. The van der Waals surface area contributed by atoms with E-state index in [2.05, 4.69) is 27.8 Å². The first-order valence-electron chi connectivity index (χ1n) is 10.7. The second-order valence-electron chi connectivity index (χ2n) is 7.85. The Morgan fingerprint density at radius 3 is 3.00 bits per heavy atom. The monoisotopic (exact) mass is 410 g/mol. The van der Waals surface area contributed by atoms with Crippen LogP contribution in [0.4, 0.5) is 16.3 Å². The summed E-state index contributed by atoms with van der Waals surface area (Å²) >= 11 is 0. The summed E-state index contributed by atoms with van der Waals surface area (Å²) in [6.07, 6.45) is 0.934. The van der Waals surface area contributed by atoms with E-state index < -0.39 is 0 Å². The molecule has 2 aromatic rings. The first-order chi connectivity index (χ1) is 14.6. The Hall–Kier alpha value is -2.71. The molecule has 160 valence electrons. The van der Waals surface area contributed by atoms with Gasteiger partial charge < -0.3 is 25.6 Å². The van der Waals surface area contributed by atoms with Crippen molar-refractivity contribution in [3.8, 4) is 11.4 Å². The Balaban J connectivity index is 1.69. The van der Waals surface area contributed by atoms with Gasteiger partial charge in [-0.2, -0.15) is 0 Å². The number of carbonyl (C=O) groups excluding carboxylic acids is 1. The van der Waals surface area contributed by atoms with Gasteiger partial charge in [-0.25, -0.2) is 14.8 Å². The van der Waals surface area contributed by atoms with Gasteiger partial charge in [0.15, 0.2) is 5.82 Å². The number of aromatic nitrogens is 2. The van der Waals surface area contributed by atoms with Gasteiger partial charge in [0.25, 0.3) is 0 Å². The van der Waals surface area contributed by atoms with E-state index >= 15 is 0 Å². The molecule has 4 rings (SSSR count). The van der Waals surface area contributed by atoms with Crippen LogP contribution in [0.2, 0.25) is 0 Å². The van der Waals surface area contributed by atoms with Crippen molar-refractivity contribution < 1.29 is 9.53 Å². The molecular formula is C22H30N6O2. The summed E-state index contributed by atoms with van der Waals surface area (Å²) in [5.74, 6) is 1.76. The zero-order chi connectivity index (χ0) is 21.1. The lowest BCUT2D eigenvalue weighted by Crippen LogP contribution is -2.45. The maximum atomic E-state index is 11.9. The van der Waals surface area contributed by atoms with Crippen LogP contribution >= 0.6 is 0 Å². The molecule has 3 heterocycles. The van der Waals surface area contributed by atoms with Crippen LogP contribution in [0.25, 0.3) is 11.4 Å². The highest BCUT2D eigenvalue weighted by atomic mass is 16.5. The minimum absolute atomic E-state index is 0.201. The Morgan fingerprint density at radius 1 is 1.37 bits per heavy atom. The van der Waals surface area contributed by atoms with Crippen LogP contribution in [0.1, 0.15) is 30.7 Å². The molecule has 0 saturated carbocycles. The normalized spacial score (nSPS) is 18.6. The van der Waals surface area contributed by atoms with E-state index in [0.717, 1.165) is 66.8 Å². The molecule has 1 fully saturated rings. The number of ether oxygens (including phenoxy) is 1. The molecule has 2 aliphatic heterocycles. The van der Waals surface area contributed by atoms with Crippen molar-refractivity contribution in [2.45, 2.75) is 39.8 Å². The van der Waals surface area contributed by atoms with Crippen molar-refractivity contribution >= 4 is 17.5 Å². The molecule has 0 spiro atoms. The number of hydrogen-bond donors (Lipinski definition) is 3. The fraction of sp³-hybridized carbons (Fsp3) is 0.500. The summed E-state index contributed by atoms with van der Waals surface area (Å²) in [6, 6.07) is 6.00. The van der Waals surface area contributed by atoms with E-state index in [1.54, 1.807) is 0 Å². The molecule has 3 N–H and O–H groups in total. The van der Waals surface area contributed by atoms with E-state index in [-0.39, 0.29) is 12.1 Å². The third-order valence-corrected chi connectivity index (χ3v) is 5.62. The van der Waals surface area contributed by atoms with Gasteiger partial charge in [-0.15, -0.1) is 0 Å². The lowest BCUT2D eigenvalue weighted by atomic mass is 10.0. The van der Waals surface area contributed by atoms with E-state index in [0.29, 0.717) is 13.2 Å². The van der Waals surface area contributed by atoms with Gasteiger partial charge in [0.05, 0.1) is 24.9 Å². The SMILES string of the molecule is CCNC(=O)Nc1ccc(-c2nc3c(c(N4CCOC[C@@H]4C)n2)CCNC3)cc1C. The molecule has 30 heavy (non-hydrogen) atoms. The highest BCUT2D eigenvalue weighted by Gasteiger charge is 2.27. The summed E-state index contributed by atoms with van der Waals surface area (Å²) in [4.78, 5) is 24.1. The van der Waals surface area contributed by atoms with Gasteiger partial charge in [-0.05, 0) is 57.5 Å². The quantitative estimate of drug-likeness (QED) is 0.717. The predicted molar refractivity (Wildman–Crippen MR) is 118 cm³/mol. The largest absolute Gasteiger partial charge is 0.377 e. The van der Waals surface area contributed by atoms with Crippen LogP contribution in [0, 0.1) is 6.92 Å². The molecule has 1 atom stereocenters. The Labute approximate surface area is 177 Å². The second-order valence-corrected chi connectivity index (χ2v) is 7.85. The smallest absolute Gasteiger partial charge is 0.319 e. The number of benzene rings is 1. The van der Waals surface area contributed by atoms with Crippen LogP contribution in [-0.4, -0.2) is 54.9 Å². The van der Waals surface area contributed by atoms with Crippen LogP contribution < -0.4 is 20.9 Å². The number of urea groups is 1. The zero-order valence-electron chi connectivity index (χ0n) is 17.9. The third kappa shape index (κ3) is 4.24. The fourth-order valence-electron chi connectivity index (χ4n) is 4.02. The molecule has 1 aromatic heterocycles. The summed E-state index contributed by atoms with van der Waals surface area (Å²) in [6.45, 7) is 10.6. The summed E-state index contributed by atoms with van der Waals surface area (Å²) in [5.41, 5.74) is 5.02. The molecule has 2 amide bonds. The van der Waals surface area contributed by atoms with Crippen LogP contribution in [0.5, 0.6) is 0 Å². The van der Waals surface area contributed by atoms with E-state index in [9.17, 15) is 4.79 Å². The van der Waals surface area contributed by atoms with Crippen LogP contribution in [0.15, 0.2) is 18.2 Å². The number of hydrogen-bond acceptors (Lipinski definition) is 6. The van der Waals surface area contributed by atoms with Crippen LogP contribution in [0.3, 0.4) is 0 Å². The first kappa shape index (κ1) is 20.6. The lowest BCUT2D eigenvalue weighted by molar-refractivity contribution is 0.0984. The molecule has 1 aromatic carbocycles. The van der Waals surface area contributed by atoms with Crippen LogP contribution in [-0.2, 0) is 17.7 Å². The van der Waals surface area contributed by atoms with Gasteiger partial charge >= 0.3 is 6.03 Å². The fourth-order valence-corrected chi connectivity index (χ4v) is 4.02.